The standard InChI is InChI=1S/C14H19BO3S2/c1-13(2)14(3,4)18-15(17-13)11(8-19)5-10-6-12(7-16)20-9-10/h5-7,9,19H,8H2,1-4H3. The van der Waals surface area contributed by atoms with Crippen molar-refractivity contribution >= 4 is 43.4 Å². The molecule has 2 heterocycles. The molecule has 0 aliphatic carbocycles. The lowest BCUT2D eigenvalue weighted by molar-refractivity contribution is 0.00578. The summed E-state index contributed by atoms with van der Waals surface area (Å²) in [5.41, 5.74) is 1.23. The number of rotatable bonds is 4. The molecule has 1 saturated heterocycles. The fourth-order valence-electron chi connectivity index (χ4n) is 1.90. The molecule has 0 N–H and O–H groups in total. The Morgan fingerprint density at radius 2 is 1.95 bits per heavy atom. The second-order valence-corrected chi connectivity index (χ2v) is 7.12. The summed E-state index contributed by atoms with van der Waals surface area (Å²) in [5.74, 6) is 0.545. The first-order valence-electron chi connectivity index (χ1n) is 6.50. The van der Waals surface area contributed by atoms with E-state index in [1.165, 1.54) is 11.3 Å². The lowest BCUT2D eigenvalue weighted by Crippen LogP contribution is -2.41. The van der Waals surface area contributed by atoms with Crippen LogP contribution in [0.15, 0.2) is 16.9 Å². The maximum atomic E-state index is 10.7. The molecule has 3 nitrogen and oxygen atoms in total. The second-order valence-electron chi connectivity index (χ2n) is 5.87. The highest BCUT2D eigenvalue weighted by Crippen LogP contribution is 2.39. The molecule has 1 aliphatic rings. The summed E-state index contributed by atoms with van der Waals surface area (Å²) >= 11 is 5.79. The van der Waals surface area contributed by atoms with Crippen LogP contribution in [0.2, 0.25) is 0 Å². The molecule has 0 saturated carbocycles. The minimum atomic E-state index is -0.392. The third kappa shape index (κ3) is 3.03. The number of hydrogen-bond donors (Lipinski definition) is 1. The van der Waals surface area contributed by atoms with Gasteiger partial charge >= 0.3 is 7.12 Å². The van der Waals surface area contributed by atoms with Gasteiger partial charge < -0.3 is 9.31 Å². The molecule has 0 radical (unpaired) electrons. The predicted molar refractivity (Wildman–Crippen MR) is 87.6 cm³/mol. The van der Waals surface area contributed by atoms with E-state index in [0.717, 1.165) is 17.3 Å². The first-order chi connectivity index (χ1) is 9.29. The van der Waals surface area contributed by atoms with Gasteiger partial charge in [-0.25, -0.2) is 0 Å². The van der Waals surface area contributed by atoms with Gasteiger partial charge in [-0.3, -0.25) is 4.79 Å². The molecule has 0 spiro atoms. The fraction of sp³-hybridized carbons (Fsp3) is 0.500. The first kappa shape index (κ1) is 15.8. The Kier molecular flexibility index (Phi) is 4.49. The Balaban J connectivity index is 2.23. The zero-order chi connectivity index (χ0) is 15.0. The minimum absolute atomic E-state index is 0.359. The number of carbonyl (C=O) groups is 1. The van der Waals surface area contributed by atoms with Crippen LogP contribution < -0.4 is 0 Å². The molecule has 108 valence electrons. The molecule has 2 rings (SSSR count). The van der Waals surface area contributed by atoms with Crippen LogP contribution in [0.1, 0.15) is 42.9 Å². The topological polar surface area (TPSA) is 35.5 Å². The van der Waals surface area contributed by atoms with Crippen LogP contribution >= 0.6 is 24.0 Å². The summed E-state index contributed by atoms with van der Waals surface area (Å²) in [5, 5.41) is 1.94. The van der Waals surface area contributed by atoms with Gasteiger partial charge in [0.2, 0.25) is 0 Å². The smallest absolute Gasteiger partial charge is 0.400 e. The molecule has 1 aromatic heterocycles. The van der Waals surface area contributed by atoms with Gasteiger partial charge in [0, 0.05) is 5.75 Å². The Morgan fingerprint density at radius 1 is 1.35 bits per heavy atom. The summed E-state index contributed by atoms with van der Waals surface area (Å²) < 4.78 is 12.0. The van der Waals surface area contributed by atoms with Crippen LogP contribution in [0, 0.1) is 0 Å². The lowest BCUT2D eigenvalue weighted by Gasteiger charge is -2.32. The van der Waals surface area contributed by atoms with Crippen molar-refractivity contribution < 1.29 is 14.1 Å². The molecule has 1 fully saturated rings. The van der Waals surface area contributed by atoms with Gasteiger partial charge in [-0.05, 0) is 50.2 Å². The highest BCUT2D eigenvalue weighted by atomic mass is 32.1. The maximum absolute atomic E-state index is 10.7. The predicted octanol–water partition coefficient (Wildman–Crippen LogP) is 3.51. The highest BCUT2D eigenvalue weighted by Gasteiger charge is 2.52. The van der Waals surface area contributed by atoms with Gasteiger partial charge in [0.25, 0.3) is 0 Å². The molecule has 1 aliphatic heterocycles. The summed E-state index contributed by atoms with van der Waals surface area (Å²) in [7, 11) is -0.392. The number of aldehydes is 1. The second kappa shape index (κ2) is 5.68. The summed E-state index contributed by atoms with van der Waals surface area (Å²) in [4.78, 5) is 11.4. The van der Waals surface area contributed by atoms with Crippen molar-refractivity contribution in [1.29, 1.82) is 0 Å². The van der Waals surface area contributed by atoms with Crippen molar-refractivity contribution in [3.8, 4) is 0 Å². The molecule has 0 bridgehead atoms. The van der Waals surface area contributed by atoms with Crippen LogP contribution in [-0.2, 0) is 9.31 Å². The van der Waals surface area contributed by atoms with Crippen molar-refractivity contribution in [2.75, 3.05) is 5.75 Å². The van der Waals surface area contributed by atoms with Crippen LogP contribution in [-0.4, -0.2) is 30.4 Å². The van der Waals surface area contributed by atoms with Gasteiger partial charge in [0.1, 0.15) is 0 Å². The molecule has 6 heteroatoms. The monoisotopic (exact) mass is 310 g/mol. The van der Waals surface area contributed by atoms with E-state index in [2.05, 4.69) is 12.6 Å². The van der Waals surface area contributed by atoms with E-state index < -0.39 is 7.12 Å². The van der Waals surface area contributed by atoms with E-state index in [-0.39, 0.29) is 11.2 Å². The Hall–Kier alpha value is -0.555. The fourth-order valence-corrected chi connectivity index (χ4v) is 2.81. The largest absolute Gasteiger partial charge is 0.491 e. The molecule has 0 atom stereocenters. The van der Waals surface area contributed by atoms with E-state index in [0.29, 0.717) is 10.6 Å². The Labute approximate surface area is 129 Å². The Bertz CT molecular complexity index is 518. The zero-order valence-corrected chi connectivity index (χ0v) is 13.9. The zero-order valence-electron chi connectivity index (χ0n) is 12.2. The maximum Gasteiger partial charge on any atom is 0.491 e. The van der Waals surface area contributed by atoms with Crippen molar-refractivity contribution in [1.82, 2.24) is 0 Å². The summed E-state index contributed by atoms with van der Waals surface area (Å²) in [6, 6.07) is 1.85. The molecule has 0 aromatic carbocycles. The van der Waals surface area contributed by atoms with E-state index >= 15 is 0 Å². The minimum Gasteiger partial charge on any atom is -0.400 e. The van der Waals surface area contributed by atoms with Crippen molar-refractivity contribution in [3.63, 3.8) is 0 Å². The summed E-state index contributed by atoms with van der Waals surface area (Å²) in [6.45, 7) is 8.10. The normalized spacial score (nSPS) is 21.2. The van der Waals surface area contributed by atoms with Gasteiger partial charge in [-0.15, -0.1) is 11.3 Å². The first-order valence-corrected chi connectivity index (χ1v) is 8.01. The van der Waals surface area contributed by atoms with E-state index in [9.17, 15) is 4.79 Å². The van der Waals surface area contributed by atoms with Crippen LogP contribution in [0.4, 0.5) is 0 Å². The van der Waals surface area contributed by atoms with Crippen molar-refractivity contribution in [2.45, 2.75) is 38.9 Å². The third-order valence-electron chi connectivity index (χ3n) is 3.85. The number of carbonyl (C=O) groups excluding carboxylic acids is 1. The SMILES string of the molecule is CC1(C)OB(C(=Cc2csc(C=O)c2)CS)OC1(C)C. The number of thiophene rings is 1. The van der Waals surface area contributed by atoms with Gasteiger partial charge in [0.15, 0.2) is 6.29 Å². The number of hydrogen-bond acceptors (Lipinski definition) is 5. The van der Waals surface area contributed by atoms with Crippen LogP contribution in [0.5, 0.6) is 0 Å². The molecular formula is C14H19BO3S2. The highest BCUT2D eigenvalue weighted by molar-refractivity contribution is 7.80. The van der Waals surface area contributed by atoms with Gasteiger partial charge in [-0.2, -0.15) is 12.6 Å². The third-order valence-corrected chi connectivity index (χ3v) is 5.09. The van der Waals surface area contributed by atoms with Crippen LogP contribution in [0.3, 0.4) is 0 Å². The molecule has 20 heavy (non-hydrogen) atoms. The van der Waals surface area contributed by atoms with E-state index in [1.54, 1.807) is 0 Å². The average Bonchev–Trinajstić information content (AvgIpc) is 2.89. The summed E-state index contributed by atoms with van der Waals surface area (Å²) in [6.07, 6.45) is 2.84. The average molecular weight is 310 g/mol. The van der Waals surface area contributed by atoms with Crippen molar-refractivity contribution in [2.24, 2.45) is 0 Å². The molecular weight excluding hydrogens is 291 g/mol. The molecule has 0 amide bonds. The quantitative estimate of drug-likeness (QED) is 0.525. The molecule has 0 unspecified atom stereocenters. The van der Waals surface area contributed by atoms with E-state index in [4.69, 9.17) is 9.31 Å². The van der Waals surface area contributed by atoms with Gasteiger partial charge in [-0.1, -0.05) is 6.08 Å². The van der Waals surface area contributed by atoms with Gasteiger partial charge in [0.05, 0.1) is 16.1 Å². The number of thiol groups is 1. The Morgan fingerprint density at radius 3 is 2.40 bits per heavy atom. The van der Waals surface area contributed by atoms with Crippen molar-refractivity contribution in [3.05, 3.63) is 27.4 Å². The van der Waals surface area contributed by atoms with Crippen LogP contribution in [0.25, 0.3) is 6.08 Å². The van der Waals surface area contributed by atoms with E-state index in [1.807, 2.05) is 45.2 Å². The molecule has 1 aromatic rings. The lowest BCUT2D eigenvalue weighted by atomic mass is 9.78.